The van der Waals surface area contributed by atoms with E-state index >= 15 is 0 Å². The third kappa shape index (κ3) is 2.59. The summed E-state index contributed by atoms with van der Waals surface area (Å²) in [6.07, 6.45) is 2.39. The van der Waals surface area contributed by atoms with Crippen molar-refractivity contribution in [3.05, 3.63) is 0 Å². The van der Waals surface area contributed by atoms with Gasteiger partial charge in [0.1, 0.15) is 0 Å². The number of hydrogen-bond donors (Lipinski definition) is 2. The molecule has 1 aliphatic carbocycles. The number of carboxylic acid groups (broad SMARTS) is 1. The van der Waals surface area contributed by atoms with Gasteiger partial charge in [0.25, 0.3) is 0 Å². The first-order chi connectivity index (χ1) is 6.15. The molecule has 2 N–H and O–H groups in total. The number of aliphatic carboxylic acids is 1. The van der Waals surface area contributed by atoms with E-state index in [0.29, 0.717) is 25.7 Å². The van der Waals surface area contributed by atoms with Gasteiger partial charge in [-0.2, -0.15) is 0 Å². The van der Waals surface area contributed by atoms with Crippen LogP contribution in [0.15, 0.2) is 0 Å². The summed E-state index contributed by atoms with van der Waals surface area (Å²) in [4.78, 5) is 23.7. The van der Waals surface area contributed by atoms with Crippen molar-refractivity contribution in [1.29, 1.82) is 0 Å². The molecule has 74 valence electrons. The average Bonchev–Trinajstić information content (AvgIpc) is 2.17. The Balaban J connectivity index is 2.39. The van der Waals surface area contributed by atoms with Crippen molar-refractivity contribution < 1.29 is 14.7 Å². The molecule has 0 saturated heterocycles. The van der Waals surface area contributed by atoms with Crippen LogP contribution in [-0.2, 0) is 9.59 Å². The Morgan fingerprint density at radius 1 is 1.15 bits per heavy atom. The van der Waals surface area contributed by atoms with Gasteiger partial charge in [0.05, 0.1) is 5.92 Å². The first-order valence-electron chi connectivity index (χ1n) is 4.28. The van der Waals surface area contributed by atoms with E-state index < -0.39 is 5.97 Å². The van der Waals surface area contributed by atoms with Crippen LogP contribution in [0.2, 0.25) is 0 Å². The number of nitrogens with one attached hydrogen (secondary N) is 1. The highest BCUT2D eigenvalue weighted by molar-refractivity contribution is 6.21. The molecule has 0 spiro atoms. The summed E-state index contributed by atoms with van der Waals surface area (Å²) in [5, 5.41) is 8.69. The number of halogens is 1. The van der Waals surface area contributed by atoms with Gasteiger partial charge in [0, 0.05) is 17.7 Å². The maximum atomic E-state index is 11.1. The highest BCUT2D eigenvalue weighted by Gasteiger charge is 2.29. The molecule has 1 amide bonds. The topological polar surface area (TPSA) is 66.4 Å². The molecule has 1 saturated carbocycles. The van der Waals surface area contributed by atoms with Gasteiger partial charge in [0.15, 0.2) is 0 Å². The fraction of sp³-hybridized carbons (Fsp3) is 0.750. The Kier molecular flexibility index (Phi) is 3.54. The number of carbonyl (C=O) groups excluding carboxylic acids is 1. The summed E-state index contributed by atoms with van der Waals surface area (Å²) in [6, 6.07) is 0. The zero-order valence-electron chi connectivity index (χ0n) is 7.12. The summed E-state index contributed by atoms with van der Waals surface area (Å²) in [7, 11) is 0. The molecule has 0 aromatic heterocycles. The Bertz CT molecular complexity index is 211. The SMILES string of the molecule is O=C(O)C1CCC(C(=O)NCl)CC1. The number of carboxylic acids is 1. The minimum absolute atomic E-state index is 0.104. The predicted molar refractivity (Wildman–Crippen MR) is 47.1 cm³/mol. The van der Waals surface area contributed by atoms with E-state index in [4.69, 9.17) is 16.9 Å². The second-order valence-corrected chi connectivity index (χ2v) is 3.53. The van der Waals surface area contributed by atoms with Crippen molar-refractivity contribution in [2.45, 2.75) is 25.7 Å². The van der Waals surface area contributed by atoms with Gasteiger partial charge < -0.3 is 5.11 Å². The second-order valence-electron chi connectivity index (χ2n) is 3.35. The molecule has 0 atom stereocenters. The molecule has 13 heavy (non-hydrogen) atoms. The van der Waals surface area contributed by atoms with E-state index in [1.807, 2.05) is 0 Å². The third-order valence-corrected chi connectivity index (χ3v) is 2.73. The van der Waals surface area contributed by atoms with Gasteiger partial charge in [0.2, 0.25) is 5.91 Å². The van der Waals surface area contributed by atoms with Crippen LogP contribution in [-0.4, -0.2) is 17.0 Å². The van der Waals surface area contributed by atoms with Crippen molar-refractivity contribution in [2.24, 2.45) is 11.8 Å². The second kappa shape index (κ2) is 4.46. The Morgan fingerprint density at radius 2 is 1.62 bits per heavy atom. The molecule has 4 nitrogen and oxygen atoms in total. The Hall–Kier alpha value is -0.770. The highest BCUT2D eigenvalue weighted by atomic mass is 35.5. The third-order valence-electron chi connectivity index (χ3n) is 2.54. The van der Waals surface area contributed by atoms with Crippen LogP contribution in [0.25, 0.3) is 0 Å². The summed E-state index contributed by atoms with van der Waals surface area (Å²) in [5.74, 6) is -1.33. The van der Waals surface area contributed by atoms with Gasteiger partial charge in [-0.25, -0.2) is 0 Å². The lowest BCUT2D eigenvalue weighted by Crippen LogP contribution is -2.30. The normalized spacial score (nSPS) is 28.1. The van der Waals surface area contributed by atoms with Crippen LogP contribution in [0, 0.1) is 11.8 Å². The fourth-order valence-electron chi connectivity index (χ4n) is 1.68. The van der Waals surface area contributed by atoms with E-state index in [-0.39, 0.29) is 17.7 Å². The van der Waals surface area contributed by atoms with Gasteiger partial charge in [-0.05, 0) is 25.7 Å². The predicted octanol–water partition coefficient (Wildman–Crippen LogP) is 1.15. The van der Waals surface area contributed by atoms with Crippen LogP contribution >= 0.6 is 11.8 Å². The van der Waals surface area contributed by atoms with Gasteiger partial charge >= 0.3 is 5.97 Å². The zero-order valence-corrected chi connectivity index (χ0v) is 7.88. The van der Waals surface area contributed by atoms with Gasteiger partial charge in [-0.3, -0.25) is 14.4 Å². The van der Waals surface area contributed by atoms with Crippen LogP contribution in [0.3, 0.4) is 0 Å². The molecule has 0 bridgehead atoms. The number of rotatable bonds is 2. The molecule has 0 aromatic carbocycles. The Labute approximate surface area is 81.4 Å². The highest BCUT2D eigenvalue weighted by Crippen LogP contribution is 2.28. The molecule has 5 heteroatoms. The van der Waals surface area contributed by atoms with Crippen LogP contribution < -0.4 is 4.84 Å². The van der Waals surface area contributed by atoms with E-state index in [2.05, 4.69) is 4.84 Å². The smallest absolute Gasteiger partial charge is 0.306 e. The maximum absolute atomic E-state index is 11.1. The van der Waals surface area contributed by atoms with Gasteiger partial charge in [-0.1, -0.05) is 0 Å². The molecule has 0 radical (unpaired) electrons. The Morgan fingerprint density at radius 3 is 2.00 bits per heavy atom. The molecule has 0 aliphatic heterocycles. The minimum atomic E-state index is -0.760. The molecule has 1 fully saturated rings. The largest absolute Gasteiger partial charge is 0.481 e. The van der Waals surface area contributed by atoms with Crippen molar-refractivity contribution in [2.75, 3.05) is 0 Å². The lowest BCUT2D eigenvalue weighted by atomic mass is 9.82. The lowest BCUT2D eigenvalue weighted by molar-refractivity contribution is -0.144. The van der Waals surface area contributed by atoms with Crippen molar-refractivity contribution in [1.82, 2.24) is 4.84 Å². The van der Waals surface area contributed by atoms with Gasteiger partial charge in [-0.15, -0.1) is 0 Å². The average molecular weight is 206 g/mol. The standard InChI is InChI=1S/C8H12ClNO3/c9-10-7(11)5-1-3-6(4-2-5)8(12)13/h5-6H,1-4H2,(H,10,11)(H,12,13). The minimum Gasteiger partial charge on any atom is -0.481 e. The van der Waals surface area contributed by atoms with Crippen LogP contribution in [0.4, 0.5) is 0 Å². The van der Waals surface area contributed by atoms with Crippen molar-refractivity contribution >= 4 is 23.7 Å². The quantitative estimate of drug-likeness (QED) is 0.665. The monoisotopic (exact) mass is 205 g/mol. The van der Waals surface area contributed by atoms with Crippen LogP contribution in [0.5, 0.6) is 0 Å². The molecule has 1 aliphatic rings. The number of hydrogen-bond acceptors (Lipinski definition) is 2. The lowest BCUT2D eigenvalue weighted by Gasteiger charge is -2.23. The molecule has 0 unspecified atom stereocenters. The summed E-state index contributed by atoms with van der Waals surface area (Å²) >= 11 is 5.17. The summed E-state index contributed by atoms with van der Waals surface area (Å²) in [6.45, 7) is 0. The summed E-state index contributed by atoms with van der Waals surface area (Å²) in [5.41, 5.74) is 0. The molecular formula is C8H12ClNO3. The summed E-state index contributed by atoms with van der Waals surface area (Å²) < 4.78 is 0. The number of amides is 1. The van der Waals surface area contributed by atoms with E-state index in [1.54, 1.807) is 0 Å². The van der Waals surface area contributed by atoms with Crippen molar-refractivity contribution in [3.8, 4) is 0 Å². The van der Waals surface area contributed by atoms with E-state index in [9.17, 15) is 9.59 Å². The fourth-order valence-corrected chi connectivity index (χ4v) is 1.83. The zero-order chi connectivity index (χ0) is 9.84. The van der Waals surface area contributed by atoms with Crippen molar-refractivity contribution in [3.63, 3.8) is 0 Å². The first-order valence-corrected chi connectivity index (χ1v) is 4.66. The van der Waals surface area contributed by atoms with E-state index in [0.717, 1.165) is 0 Å². The first kappa shape index (κ1) is 10.3. The van der Waals surface area contributed by atoms with Crippen LogP contribution in [0.1, 0.15) is 25.7 Å². The maximum Gasteiger partial charge on any atom is 0.306 e. The molecular weight excluding hydrogens is 194 g/mol. The van der Waals surface area contributed by atoms with E-state index in [1.165, 1.54) is 0 Å². The molecule has 0 aromatic rings. The number of carbonyl (C=O) groups is 2. The molecule has 1 rings (SSSR count). The molecule has 0 heterocycles.